The topological polar surface area (TPSA) is 77.4 Å². The average molecular weight is 466 g/mol. The lowest BCUT2D eigenvalue weighted by Crippen LogP contribution is -2.24. The van der Waals surface area contributed by atoms with Crippen molar-refractivity contribution in [3.05, 3.63) is 58.1 Å². The molecule has 0 saturated heterocycles. The fourth-order valence-corrected chi connectivity index (χ4v) is 5.11. The number of phenolic OH excluding ortho intramolecular Hbond substituents is 1. The predicted molar refractivity (Wildman–Crippen MR) is 129 cm³/mol. The zero-order valence-corrected chi connectivity index (χ0v) is 19.2. The Hall–Kier alpha value is -1.35. The summed E-state index contributed by atoms with van der Waals surface area (Å²) in [6.45, 7) is 3.29. The van der Waals surface area contributed by atoms with Gasteiger partial charge >= 0.3 is 0 Å². The Morgan fingerprint density at radius 3 is 2.80 bits per heavy atom. The second kappa shape index (κ2) is 12.5. The number of thiazole rings is 1. The largest absolute Gasteiger partial charge is 0.506 e. The number of aliphatic hydroxyl groups excluding tert-OH is 1. The van der Waals surface area contributed by atoms with E-state index < -0.39 is 6.10 Å². The number of fused-ring (bicyclic) bond motifs is 1. The molecule has 162 valence electrons. The highest BCUT2D eigenvalue weighted by Gasteiger charge is 2.14. The van der Waals surface area contributed by atoms with Crippen molar-refractivity contribution in [1.82, 2.24) is 15.6 Å². The van der Waals surface area contributed by atoms with Crippen LogP contribution in [0.25, 0.3) is 10.2 Å². The number of halogens is 1. The number of nitrogens with zero attached hydrogens (tertiary/aromatic N) is 1. The Bertz CT molecular complexity index is 922. The summed E-state index contributed by atoms with van der Waals surface area (Å²) < 4.78 is 0.848. The first-order valence-corrected chi connectivity index (χ1v) is 12.5. The molecule has 0 aliphatic rings. The fourth-order valence-electron chi connectivity index (χ4n) is 3.16. The van der Waals surface area contributed by atoms with Crippen molar-refractivity contribution in [2.75, 3.05) is 37.7 Å². The Kier molecular flexibility index (Phi) is 9.71. The Labute approximate surface area is 190 Å². The summed E-state index contributed by atoms with van der Waals surface area (Å²) in [5.74, 6) is 2.28. The van der Waals surface area contributed by atoms with E-state index in [1.165, 1.54) is 16.9 Å². The monoisotopic (exact) mass is 465 g/mol. The van der Waals surface area contributed by atoms with Gasteiger partial charge in [-0.3, -0.25) is 0 Å². The zero-order chi connectivity index (χ0) is 21.2. The molecule has 3 aromatic rings. The summed E-state index contributed by atoms with van der Waals surface area (Å²) in [6, 6.07) is 11.4. The highest BCUT2D eigenvalue weighted by Crippen LogP contribution is 2.32. The molecule has 0 bridgehead atoms. The minimum atomic E-state index is -0.610. The summed E-state index contributed by atoms with van der Waals surface area (Å²) >= 11 is 9.52. The van der Waals surface area contributed by atoms with Gasteiger partial charge in [-0.2, -0.15) is 11.8 Å². The second-order valence-electron chi connectivity index (χ2n) is 6.98. The normalized spacial score (nSPS) is 12.5. The fraction of sp³-hybridized carbons (Fsp3) is 0.409. The second-order valence-corrected chi connectivity index (χ2v) is 9.47. The molecule has 0 saturated carbocycles. The van der Waals surface area contributed by atoms with Crippen molar-refractivity contribution in [2.24, 2.45) is 0 Å². The lowest BCUT2D eigenvalue weighted by atomic mass is 10.1. The van der Waals surface area contributed by atoms with Crippen molar-refractivity contribution < 1.29 is 10.2 Å². The van der Waals surface area contributed by atoms with Gasteiger partial charge in [-0.25, -0.2) is 4.98 Å². The van der Waals surface area contributed by atoms with Crippen LogP contribution < -0.4 is 10.6 Å². The van der Waals surface area contributed by atoms with Crippen molar-refractivity contribution in [2.45, 2.75) is 18.9 Å². The third kappa shape index (κ3) is 6.83. The number of hydrogen-bond acceptors (Lipinski definition) is 7. The first-order valence-electron chi connectivity index (χ1n) is 10.1. The van der Waals surface area contributed by atoms with Gasteiger partial charge in [-0.15, -0.1) is 11.3 Å². The summed E-state index contributed by atoms with van der Waals surface area (Å²) in [4.78, 5) is 4.16. The van der Waals surface area contributed by atoms with Gasteiger partial charge in [-0.1, -0.05) is 35.9 Å². The zero-order valence-electron chi connectivity index (χ0n) is 16.8. The van der Waals surface area contributed by atoms with E-state index >= 15 is 0 Å². The summed E-state index contributed by atoms with van der Waals surface area (Å²) in [5, 5.41) is 27.9. The van der Waals surface area contributed by atoms with Crippen LogP contribution in [0.4, 0.5) is 0 Å². The molecule has 30 heavy (non-hydrogen) atoms. The Balaban J connectivity index is 1.21. The molecule has 1 heterocycles. The van der Waals surface area contributed by atoms with Gasteiger partial charge < -0.3 is 20.8 Å². The van der Waals surface area contributed by atoms with Gasteiger partial charge in [-0.05, 0) is 49.4 Å². The molecule has 0 fully saturated rings. The molecule has 0 unspecified atom stereocenters. The number of aromatic hydroxyl groups is 1. The van der Waals surface area contributed by atoms with Gasteiger partial charge in [0, 0.05) is 29.4 Å². The van der Waals surface area contributed by atoms with E-state index in [9.17, 15) is 10.2 Å². The summed E-state index contributed by atoms with van der Waals surface area (Å²) in [7, 11) is 0. The highest BCUT2D eigenvalue weighted by atomic mass is 35.5. The molecule has 0 aliphatic heterocycles. The van der Waals surface area contributed by atoms with Crippen LogP contribution in [0.15, 0.2) is 41.9 Å². The molecule has 0 radical (unpaired) electrons. The van der Waals surface area contributed by atoms with E-state index in [-0.39, 0.29) is 5.75 Å². The maximum Gasteiger partial charge on any atom is 0.142 e. The molecule has 0 amide bonds. The Morgan fingerprint density at radius 1 is 1.07 bits per heavy atom. The number of phenols is 1. The minimum Gasteiger partial charge on any atom is -0.506 e. The third-order valence-electron chi connectivity index (χ3n) is 4.78. The van der Waals surface area contributed by atoms with Crippen molar-refractivity contribution >= 4 is 44.9 Å². The minimum absolute atomic E-state index is 0.157. The molecule has 4 N–H and O–H groups in total. The summed E-state index contributed by atoms with van der Waals surface area (Å²) in [6.07, 6.45) is 1.47. The quantitative estimate of drug-likeness (QED) is 0.283. The molecule has 1 atom stereocenters. The van der Waals surface area contributed by atoms with Crippen LogP contribution >= 0.6 is 34.7 Å². The van der Waals surface area contributed by atoms with Crippen LogP contribution in [0.2, 0.25) is 5.02 Å². The SMILES string of the molecule is Oc1ccc([C@@H](O)CNCCSCCCNCCc2ccccc2Cl)c2scnc12. The van der Waals surface area contributed by atoms with Gasteiger partial charge in [0.1, 0.15) is 11.3 Å². The number of aromatic nitrogens is 1. The molecule has 8 heteroatoms. The van der Waals surface area contributed by atoms with Crippen LogP contribution in [0.1, 0.15) is 23.7 Å². The van der Waals surface area contributed by atoms with E-state index in [4.69, 9.17) is 11.6 Å². The van der Waals surface area contributed by atoms with E-state index in [1.54, 1.807) is 17.6 Å². The number of aliphatic hydroxyl groups is 1. The van der Waals surface area contributed by atoms with E-state index in [2.05, 4.69) is 21.7 Å². The van der Waals surface area contributed by atoms with Gasteiger partial charge in [0.25, 0.3) is 0 Å². The molecule has 3 rings (SSSR count). The molecule has 0 aliphatic carbocycles. The number of rotatable bonds is 13. The van der Waals surface area contributed by atoms with Crippen LogP contribution in [0, 0.1) is 0 Å². The van der Waals surface area contributed by atoms with Crippen LogP contribution in [0.5, 0.6) is 5.75 Å². The lowest BCUT2D eigenvalue weighted by Gasteiger charge is -2.13. The summed E-state index contributed by atoms with van der Waals surface area (Å²) in [5.41, 5.74) is 4.26. The van der Waals surface area contributed by atoms with Crippen molar-refractivity contribution in [3.8, 4) is 5.75 Å². The average Bonchev–Trinajstić information content (AvgIpc) is 3.24. The third-order valence-corrected chi connectivity index (χ3v) is 7.10. The van der Waals surface area contributed by atoms with Gasteiger partial charge in [0.2, 0.25) is 0 Å². The number of thioether (sulfide) groups is 1. The molecule has 0 spiro atoms. The smallest absolute Gasteiger partial charge is 0.142 e. The van der Waals surface area contributed by atoms with Crippen molar-refractivity contribution in [1.29, 1.82) is 0 Å². The lowest BCUT2D eigenvalue weighted by molar-refractivity contribution is 0.177. The van der Waals surface area contributed by atoms with E-state index in [0.717, 1.165) is 59.3 Å². The maximum atomic E-state index is 10.5. The molecule has 5 nitrogen and oxygen atoms in total. The molecule has 2 aromatic carbocycles. The van der Waals surface area contributed by atoms with Crippen LogP contribution in [-0.2, 0) is 6.42 Å². The molecule has 1 aromatic heterocycles. The van der Waals surface area contributed by atoms with Crippen LogP contribution in [-0.4, -0.2) is 52.9 Å². The van der Waals surface area contributed by atoms with E-state index in [0.29, 0.717) is 12.1 Å². The number of benzene rings is 2. The molecular weight excluding hydrogens is 438 g/mol. The van der Waals surface area contributed by atoms with Gasteiger partial charge in [0.15, 0.2) is 0 Å². The Morgan fingerprint density at radius 2 is 1.93 bits per heavy atom. The highest BCUT2D eigenvalue weighted by molar-refractivity contribution is 7.99. The van der Waals surface area contributed by atoms with Gasteiger partial charge in [0.05, 0.1) is 16.3 Å². The number of nitrogens with one attached hydrogen (secondary N) is 2. The first-order chi connectivity index (χ1) is 14.7. The van der Waals surface area contributed by atoms with Crippen molar-refractivity contribution in [3.63, 3.8) is 0 Å². The number of hydrogen-bond donors (Lipinski definition) is 4. The molecular formula is C22H28ClN3O2S2. The van der Waals surface area contributed by atoms with Crippen LogP contribution in [0.3, 0.4) is 0 Å². The first kappa shape index (κ1) is 23.3. The standard InChI is InChI=1S/C22H28ClN3O2S2/c23-18-5-2-1-4-16(18)8-10-24-9-3-12-29-13-11-25-14-20(28)17-6-7-19(27)21-22(17)30-15-26-21/h1-2,4-7,15,20,24-25,27-28H,3,8-14H2/t20-/m0/s1. The maximum absolute atomic E-state index is 10.5. The predicted octanol–water partition coefficient (Wildman–Crippen LogP) is 4.23. The van der Waals surface area contributed by atoms with E-state index in [1.807, 2.05) is 30.0 Å².